The quantitative estimate of drug-likeness (QED) is 0.231. The molecule has 2 aromatic carbocycles. The number of unbranched alkanes of at least 4 members (excludes halogenated alkanes) is 1. The summed E-state index contributed by atoms with van der Waals surface area (Å²) in [6.45, 7) is 2.23. The summed E-state index contributed by atoms with van der Waals surface area (Å²) < 4.78 is 5.68. The summed E-state index contributed by atoms with van der Waals surface area (Å²) in [6.07, 6.45) is 9.76. The van der Waals surface area contributed by atoms with Crippen LogP contribution in [0.25, 0.3) is 11.6 Å². The Kier molecular flexibility index (Phi) is 7.64. The molecule has 29 heavy (non-hydrogen) atoms. The van der Waals surface area contributed by atoms with Gasteiger partial charge in [-0.05, 0) is 60.9 Å². The summed E-state index contributed by atoms with van der Waals surface area (Å²) in [4.78, 5) is 12.6. The molecule has 3 heteroatoms. The van der Waals surface area contributed by atoms with Gasteiger partial charge in [-0.3, -0.25) is 4.79 Å². The molecule has 3 nitrogen and oxygen atoms in total. The molecule has 0 heterocycles. The van der Waals surface area contributed by atoms with E-state index in [4.69, 9.17) is 4.74 Å². The van der Waals surface area contributed by atoms with E-state index >= 15 is 0 Å². The number of benzene rings is 2. The maximum atomic E-state index is 12.6. The summed E-state index contributed by atoms with van der Waals surface area (Å²) in [5, 5.41) is 9.50. The highest BCUT2D eigenvalue weighted by Gasteiger charge is 2.27. The number of nitriles is 1. The fraction of sp³-hybridized carbons (Fsp3) is 0.385. The Hall–Kier alpha value is -2.86. The van der Waals surface area contributed by atoms with E-state index < -0.39 is 0 Å². The third-order valence-electron chi connectivity index (χ3n) is 5.74. The Balaban J connectivity index is 1.62. The molecule has 0 unspecified atom stereocenters. The molecule has 1 saturated carbocycles. The van der Waals surface area contributed by atoms with Gasteiger partial charge in [-0.25, -0.2) is 0 Å². The van der Waals surface area contributed by atoms with Gasteiger partial charge in [0.05, 0.1) is 17.6 Å². The first-order chi connectivity index (χ1) is 14.2. The van der Waals surface area contributed by atoms with E-state index in [-0.39, 0.29) is 11.9 Å². The lowest BCUT2D eigenvalue weighted by Gasteiger charge is -2.27. The van der Waals surface area contributed by atoms with Crippen LogP contribution in [0, 0.1) is 23.2 Å². The number of nitrogens with zero attached hydrogens (tertiary/aromatic N) is 1. The number of esters is 1. The molecule has 0 atom stereocenters. The van der Waals surface area contributed by atoms with E-state index in [1.54, 1.807) is 6.07 Å². The van der Waals surface area contributed by atoms with Crippen LogP contribution in [0.3, 0.4) is 0 Å². The van der Waals surface area contributed by atoms with E-state index in [9.17, 15) is 10.1 Å². The van der Waals surface area contributed by atoms with Crippen molar-refractivity contribution in [1.82, 2.24) is 0 Å². The van der Waals surface area contributed by atoms with Gasteiger partial charge in [0.15, 0.2) is 0 Å². The molecule has 2 aromatic rings. The van der Waals surface area contributed by atoms with Crippen molar-refractivity contribution in [3.8, 4) is 11.8 Å². The zero-order valence-electron chi connectivity index (χ0n) is 17.1. The summed E-state index contributed by atoms with van der Waals surface area (Å²) in [5.41, 5.74) is 2.30. The van der Waals surface area contributed by atoms with E-state index in [0.717, 1.165) is 42.7 Å². The Bertz CT molecular complexity index is 871. The van der Waals surface area contributed by atoms with Crippen LogP contribution in [0.4, 0.5) is 0 Å². The number of hydrogen-bond donors (Lipinski definition) is 0. The molecule has 1 aliphatic carbocycles. The Morgan fingerprint density at radius 2 is 1.86 bits per heavy atom. The monoisotopic (exact) mass is 387 g/mol. The SMILES string of the molecule is CCCCC1CCC(C(=O)Oc2cccc(/C=C(/C#N)c3ccccc3)c2)CC1. The van der Waals surface area contributed by atoms with Gasteiger partial charge < -0.3 is 4.74 Å². The summed E-state index contributed by atoms with van der Waals surface area (Å²) in [5.74, 6) is 1.20. The highest BCUT2D eigenvalue weighted by atomic mass is 16.5. The lowest BCUT2D eigenvalue weighted by atomic mass is 9.80. The molecule has 150 valence electrons. The van der Waals surface area contributed by atoms with Crippen molar-refractivity contribution in [2.24, 2.45) is 11.8 Å². The van der Waals surface area contributed by atoms with Crippen LogP contribution in [-0.2, 0) is 4.79 Å². The molecule has 1 fully saturated rings. The third kappa shape index (κ3) is 6.06. The number of ether oxygens (including phenoxy) is 1. The first-order valence-corrected chi connectivity index (χ1v) is 10.7. The number of allylic oxidation sites excluding steroid dienone is 1. The van der Waals surface area contributed by atoms with E-state index in [0.29, 0.717) is 11.3 Å². The molecule has 0 N–H and O–H groups in total. The van der Waals surface area contributed by atoms with Gasteiger partial charge in [0, 0.05) is 0 Å². The smallest absolute Gasteiger partial charge is 0.314 e. The molecule has 0 amide bonds. The molecule has 0 spiro atoms. The molecule has 0 saturated heterocycles. The second-order valence-electron chi connectivity index (χ2n) is 7.89. The van der Waals surface area contributed by atoms with Crippen molar-refractivity contribution in [3.05, 3.63) is 65.7 Å². The minimum absolute atomic E-state index is 0.00561. The minimum atomic E-state index is -0.122. The lowest BCUT2D eigenvalue weighted by molar-refractivity contribution is -0.140. The number of carbonyl (C=O) groups excluding carboxylic acids is 1. The highest BCUT2D eigenvalue weighted by molar-refractivity contribution is 5.89. The van der Waals surface area contributed by atoms with Crippen molar-refractivity contribution >= 4 is 17.6 Å². The first kappa shape index (κ1) is 20.9. The van der Waals surface area contributed by atoms with Crippen LogP contribution in [0.15, 0.2) is 54.6 Å². The Morgan fingerprint density at radius 3 is 2.55 bits per heavy atom. The van der Waals surface area contributed by atoms with E-state index in [2.05, 4.69) is 13.0 Å². The molecule has 0 aliphatic heterocycles. The maximum absolute atomic E-state index is 12.6. The topological polar surface area (TPSA) is 50.1 Å². The Morgan fingerprint density at radius 1 is 1.10 bits per heavy atom. The van der Waals surface area contributed by atoms with Crippen molar-refractivity contribution in [3.63, 3.8) is 0 Å². The Labute approximate surface area is 174 Å². The molecule has 0 aromatic heterocycles. The highest BCUT2D eigenvalue weighted by Crippen LogP contribution is 2.33. The molecule has 3 rings (SSSR count). The van der Waals surface area contributed by atoms with Crippen LogP contribution in [0.5, 0.6) is 5.75 Å². The molecule has 0 bridgehead atoms. The second-order valence-corrected chi connectivity index (χ2v) is 7.89. The first-order valence-electron chi connectivity index (χ1n) is 10.7. The van der Waals surface area contributed by atoms with Crippen molar-refractivity contribution < 1.29 is 9.53 Å². The summed E-state index contributed by atoms with van der Waals surface area (Å²) in [6, 6.07) is 19.2. The van der Waals surface area contributed by atoms with Gasteiger partial charge in [-0.1, -0.05) is 68.7 Å². The minimum Gasteiger partial charge on any atom is -0.426 e. The van der Waals surface area contributed by atoms with Crippen LogP contribution in [0.1, 0.15) is 63.0 Å². The zero-order chi connectivity index (χ0) is 20.5. The largest absolute Gasteiger partial charge is 0.426 e. The number of hydrogen-bond acceptors (Lipinski definition) is 3. The lowest BCUT2D eigenvalue weighted by Crippen LogP contribution is -2.25. The zero-order valence-corrected chi connectivity index (χ0v) is 17.1. The second kappa shape index (κ2) is 10.6. The summed E-state index contributed by atoms with van der Waals surface area (Å²) in [7, 11) is 0. The van der Waals surface area contributed by atoms with Crippen molar-refractivity contribution in [1.29, 1.82) is 5.26 Å². The molecule has 1 aliphatic rings. The average molecular weight is 388 g/mol. The maximum Gasteiger partial charge on any atom is 0.314 e. The van der Waals surface area contributed by atoms with Gasteiger partial charge in [0.2, 0.25) is 0 Å². The van der Waals surface area contributed by atoms with E-state index in [1.165, 1.54) is 19.3 Å². The van der Waals surface area contributed by atoms with Gasteiger partial charge in [0.25, 0.3) is 0 Å². The fourth-order valence-electron chi connectivity index (χ4n) is 4.01. The average Bonchev–Trinajstić information content (AvgIpc) is 2.77. The predicted molar refractivity (Wildman–Crippen MR) is 117 cm³/mol. The standard InChI is InChI=1S/C26H29NO2/c1-2-3-8-20-13-15-23(16-14-20)26(28)29-25-12-7-9-21(18-25)17-24(19-27)22-10-5-4-6-11-22/h4-7,9-12,17-18,20,23H,2-3,8,13-16H2,1H3/b24-17-. The van der Waals surface area contributed by atoms with Gasteiger partial charge >= 0.3 is 5.97 Å². The van der Waals surface area contributed by atoms with Crippen molar-refractivity contribution in [2.75, 3.05) is 0 Å². The molecular weight excluding hydrogens is 358 g/mol. The van der Waals surface area contributed by atoms with Crippen LogP contribution in [-0.4, -0.2) is 5.97 Å². The van der Waals surface area contributed by atoms with Crippen LogP contribution < -0.4 is 4.74 Å². The van der Waals surface area contributed by atoms with Gasteiger partial charge in [-0.2, -0.15) is 5.26 Å². The van der Waals surface area contributed by atoms with Crippen molar-refractivity contribution in [2.45, 2.75) is 51.9 Å². The number of carbonyl (C=O) groups is 1. The van der Waals surface area contributed by atoms with Gasteiger partial charge in [-0.15, -0.1) is 0 Å². The van der Waals surface area contributed by atoms with E-state index in [1.807, 2.05) is 54.6 Å². The van der Waals surface area contributed by atoms with Gasteiger partial charge in [0.1, 0.15) is 5.75 Å². The summed E-state index contributed by atoms with van der Waals surface area (Å²) >= 11 is 0. The molecular formula is C26H29NO2. The fourth-order valence-corrected chi connectivity index (χ4v) is 4.01. The third-order valence-corrected chi connectivity index (χ3v) is 5.74. The predicted octanol–water partition coefficient (Wildman–Crippen LogP) is 6.65. The van der Waals surface area contributed by atoms with Crippen LogP contribution in [0.2, 0.25) is 0 Å². The van der Waals surface area contributed by atoms with Crippen LogP contribution >= 0.6 is 0 Å². The molecule has 0 radical (unpaired) electrons. The normalized spacial score (nSPS) is 19.4. The number of rotatable bonds is 7.